The minimum absolute atomic E-state index is 0. The number of ether oxygens (including phenoxy) is 1. The van der Waals surface area contributed by atoms with Gasteiger partial charge >= 0.3 is 0 Å². The third-order valence-electron chi connectivity index (χ3n) is 0.408. The van der Waals surface area contributed by atoms with Crippen LogP contribution >= 0.6 is 0 Å². The molecule has 0 atom stereocenters. The third-order valence-corrected chi connectivity index (χ3v) is 0.408. The number of hydrogen-bond donors (Lipinski definition) is 0. The van der Waals surface area contributed by atoms with E-state index < -0.39 is 0 Å². The minimum atomic E-state index is 0. The second kappa shape index (κ2) is 9.11. The Labute approximate surface area is 51.0 Å². The summed E-state index contributed by atoms with van der Waals surface area (Å²) < 4.78 is 4.83. The zero-order chi connectivity index (χ0) is 4.12. The van der Waals surface area contributed by atoms with Crippen LogP contribution in [-0.4, -0.2) is 13.2 Å². The van der Waals surface area contributed by atoms with E-state index >= 15 is 0 Å². The molecule has 0 amide bonds. The van der Waals surface area contributed by atoms with Crippen LogP contribution in [0.5, 0.6) is 0 Å². The fraction of sp³-hybridized carbons (Fsp3) is 1.00. The maximum absolute atomic E-state index is 4.83. The zero-order valence-electron chi connectivity index (χ0n) is 4.27. The van der Waals surface area contributed by atoms with Crippen LogP contribution in [-0.2, 0) is 23.3 Å². The molecule has 1 radical (unpaired) electrons. The van der Waals surface area contributed by atoms with Crippen LogP contribution in [0.25, 0.3) is 0 Å². The fourth-order valence-electron chi connectivity index (χ4n) is 0.204. The van der Waals surface area contributed by atoms with Gasteiger partial charge in [0.1, 0.15) is 0 Å². The number of rotatable bonds is 2. The predicted octanol–water partition coefficient (Wildman–Crippen LogP) is 1.04. The second-order valence-electron chi connectivity index (χ2n) is 0.781. The van der Waals surface area contributed by atoms with Gasteiger partial charge in [-0.1, -0.05) is 0 Å². The van der Waals surface area contributed by atoms with Crippen molar-refractivity contribution >= 4 is 0 Å². The van der Waals surface area contributed by atoms with Crippen LogP contribution in [0.2, 0.25) is 0 Å². The maximum Gasteiger partial charge on any atom is 0.0437 e. The van der Waals surface area contributed by atoms with Crippen molar-refractivity contribution in [2.75, 3.05) is 13.2 Å². The van der Waals surface area contributed by atoms with Gasteiger partial charge in [0.25, 0.3) is 0 Å². The van der Waals surface area contributed by atoms with Gasteiger partial charge in [-0.3, -0.25) is 0 Å². The molecule has 0 fully saturated rings. The first-order valence-electron chi connectivity index (χ1n) is 1.99. The molecule has 2 heteroatoms. The van der Waals surface area contributed by atoms with Crippen molar-refractivity contribution in [2.24, 2.45) is 0 Å². The van der Waals surface area contributed by atoms with E-state index in [1.165, 1.54) is 0 Å². The van der Waals surface area contributed by atoms with E-state index in [1.807, 2.05) is 13.8 Å². The van der Waals surface area contributed by atoms with Gasteiger partial charge in [0.2, 0.25) is 0 Å². The molecule has 0 bridgehead atoms. The monoisotopic (exact) mass is 125 g/mol. The fourth-order valence-corrected chi connectivity index (χ4v) is 0.204. The van der Waals surface area contributed by atoms with Crippen LogP contribution in [0.4, 0.5) is 0 Å². The Morgan fingerprint density at radius 2 is 1.50 bits per heavy atom. The van der Waals surface area contributed by atoms with Crippen molar-refractivity contribution in [3.63, 3.8) is 0 Å². The predicted molar refractivity (Wildman–Crippen MR) is 22.2 cm³/mol. The molecule has 0 aliphatic carbocycles. The quantitative estimate of drug-likeness (QED) is 0.535. The van der Waals surface area contributed by atoms with Gasteiger partial charge in [-0.05, 0) is 13.8 Å². The second-order valence-corrected chi connectivity index (χ2v) is 0.781. The van der Waals surface area contributed by atoms with Crippen LogP contribution in [0.3, 0.4) is 0 Å². The normalized spacial score (nSPS) is 7.00. The van der Waals surface area contributed by atoms with Crippen molar-refractivity contribution in [2.45, 2.75) is 13.8 Å². The summed E-state index contributed by atoms with van der Waals surface area (Å²) in [6.45, 7) is 5.67. The molecule has 0 spiro atoms. The standard InChI is InChI=1S/C4H10O.V/c1-3-5-4-2;/h3-4H2,1-2H3;. The average molecular weight is 125 g/mol. The summed E-state index contributed by atoms with van der Waals surface area (Å²) in [7, 11) is 0. The molecule has 37 valence electrons. The molecule has 0 saturated heterocycles. The molecule has 0 aliphatic rings. The van der Waals surface area contributed by atoms with E-state index in [-0.39, 0.29) is 18.6 Å². The summed E-state index contributed by atoms with van der Waals surface area (Å²) in [6.07, 6.45) is 0. The maximum atomic E-state index is 4.83. The summed E-state index contributed by atoms with van der Waals surface area (Å²) in [6, 6.07) is 0. The first kappa shape index (κ1) is 9.74. The Morgan fingerprint density at radius 3 is 1.50 bits per heavy atom. The molecule has 0 aromatic rings. The summed E-state index contributed by atoms with van der Waals surface area (Å²) in [4.78, 5) is 0. The van der Waals surface area contributed by atoms with Gasteiger partial charge in [0.15, 0.2) is 0 Å². The van der Waals surface area contributed by atoms with E-state index in [9.17, 15) is 0 Å². The van der Waals surface area contributed by atoms with Gasteiger partial charge in [0.05, 0.1) is 0 Å². The molecule has 0 aromatic heterocycles. The summed E-state index contributed by atoms with van der Waals surface area (Å²) in [5.74, 6) is 0. The molecule has 0 N–H and O–H groups in total. The van der Waals surface area contributed by atoms with Crippen LogP contribution < -0.4 is 0 Å². The van der Waals surface area contributed by atoms with Gasteiger partial charge in [0, 0.05) is 31.8 Å². The molecule has 0 heterocycles. The molecule has 1 nitrogen and oxygen atoms in total. The third kappa shape index (κ3) is 8.82. The van der Waals surface area contributed by atoms with Crippen molar-refractivity contribution in [1.82, 2.24) is 0 Å². The summed E-state index contributed by atoms with van der Waals surface area (Å²) in [5.41, 5.74) is 0. The van der Waals surface area contributed by atoms with Crippen molar-refractivity contribution in [3.05, 3.63) is 0 Å². The largest absolute Gasteiger partial charge is 0.382 e. The SMILES string of the molecule is CCOCC.[V]. The first-order valence-corrected chi connectivity index (χ1v) is 1.99. The van der Waals surface area contributed by atoms with Crippen molar-refractivity contribution < 1.29 is 23.3 Å². The van der Waals surface area contributed by atoms with Crippen molar-refractivity contribution in [1.29, 1.82) is 0 Å². The minimum Gasteiger partial charge on any atom is -0.382 e. The molecular weight excluding hydrogens is 115 g/mol. The van der Waals surface area contributed by atoms with E-state index in [0.717, 1.165) is 13.2 Å². The van der Waals surface area contributed by atoms with Gasteiger partial charge in [-0.25, -0.2) is 0 Å². The number of hydrogen-bond acceptors (Lipinski definition) is 1. The van der Waals surface area contributed by atoms with Crippen LogP contribution in [0.15, 0.2) is 0 Å². The van der Waals surface area contributed by atoms with E-state index in [0.29, 0.717) is 0 Å². The van der Waals surface area contributed by atoms with E-state index in [2.05, 4.69) is 0 Å². The molecule has 6 heavy (non-hydrogen) atoms. The summed E-state index contributed by atoms with van der Waals surface area (Å²) in [5, 5.41) is 0. The van der Waals surface area contributed by atoms with Gasteiger partial charge in [-0.15, -0.1) is 0 Å². The average Bonchev–Trinajstić information content (AvgIpc) is 1.41. The molecule has 0 aromatic carbocycles. The molecular formula is C4H10OV. The Kier molecular flexibility index (Phi) is 14.8. The van der Waals surface area contributed by atoms with Crippen molar-refractivity contribution in [3.8, 4) is 0 Å². The van der Waals surface area contributed by atoms with Crippen LogP contribution in [0.1, 0.15) is 13.8 Å². The smallest absolute Gasteiger partial charge is 0.0437 e. The summed E-state index contributed by atoms with van der Waals surface area (Å²) >= 11 is 0. The van der Waals surface area contributed by atoms with Crippen LogP contribution in [0, 0.1) is 0 Å². The molecule has 0 saturated carbocycles. The Morgan fingerprint density at radius 1 is 1.17 bits per heavy atom. The zero-order valence-corrected chi connectivity index (χ0v) is 5.67. The first-order chi connectivity index (χ1) is 2.41. The van der Waals surface area contributed by atoms with Gasteiger partial charge < -0.3 is 4.74 Å². The van der Waals surface area contributed by atoms with E-state index in [1.54, 1.807) is 0 Å². The molecule has 0 aliphatic heterocycles. The molecule has 0 rings (SSSR count). The topological polar surface area (TPSA) is 9.23 Å². The Balaban J connectivity index is 0. The molecule has 0 unspecified atom stereocenters. The Hall–Kier alpha value is 0.544. The Bertz CT molecular complexity index is 15.0. The van der Waals surface area contributed by atoms with E-state index in [4.69, 9.17) is 4.74 Å². The van der Waals surface area contributed by atoms with Gasteiger partial charge in [-0.2, -0.15) is 0 Å².